The second-order valence-electron chi connectivity index (χ2n) is 5.22. The molecule has 0 fully saturated rings. The summed E-state index contributed by atoms with van der Waals surface area (Å²) in [5, 5.41) is 25.4. The number of phenols is 1. The lowest BCUT2D eigenvalue weighted by Gasteiger charge is -2.12. The summed E-state index contributed by atoms with van der Waals surface area (Å²) in [6.07, 6.45) is 0. The minimum Gasteiger partial charge on any atom is -0.506 e. The predicted octanol–water partition coefficient (Wildman–Crippen LogP) is 3.96. The molecule has 0 unspecified atom stereocenters. The molecule has 0 saturated heterocycles. The fraction of sp³-hybridized carbons (Fsp3) is 0.0556. The van der Waals surface area contributed by atoms with Gasteiger partial charge in [-0.15, -0.1) is 0 Å². The van der Waals surface area contributed by atoms with Gasteiger partial charge >= 0.3 is 0 Å². The van der Waals surface area contributed by atoms with Crippen molar-refractivity contribution in [3.63, 3.8) is 0 Å². The molecule has 0 aliphatic carbocycles. The van der Waals surface area contributed by atoms with Crippen LogP contribution in [0.25, 0.3) is 10.8 Å². The molecule has 25 heavy (non-hydrogen) atoms. The highest BCUT2D eigenvalue weighted by atomic mass is 32.2. The Morgan fingerprint density at radius 3 is 2.40 bits per heavy atom. The molecule has 1 amide bonds. The number of nitrogens with one attached hydrogen (secondary N) is 1. The maximum absolute atomic E-state index is 12.1. The molecule has 3 rings (SSSR count). The first kappa shape index (κ1) is 16.8. The van der Waals surface area contributed by atoms with Gasteiger partial charge in [0.1, 0.15) is 5.75 Å². The number of aromatic hydroxyl groups is 1. The van der Waals surface area contributed by atoms with Crippen molar-refractivity contribution in [3.05, 3.63) is 70.3 Å². The monoisotopic (exact) mass is 354 g/mol. The third kappa shape index (κ3) is 3.14. The van der Waals surface area contributed by atoms with Gasteiger partial charge in [0.25, 0.3) is 11.6 Å². The Labute approximate surface area is 147 Å². The highest BCUT2D eigenvalue weighted by molar-refractivity contribution is 7.99. The number of fused-ring (bicyclic) bond motifs is 1. The number of rotatable bonds is 4. The van der Waals surface area contributed by atoms with Crippen molar-refractivity contribution in [1.29, 1.82) is 0 Å². The number of hydrogen-bond donors (Lipinski definition) is 2. The SMILES string of the molecule is CNC(=O)c1cc(Sc2ccccc2[N+](=O)[O-])c2ccccc2c1O. The number of benzene rings is 3. The molecular weight excluding hydrogens is 340 g/mol. The third-order valence-corrected chi connectivity index (χ3v) is 4.85. The summed E-state index contributed by atoms with van der Waals surface area (Å²) in [5.74, 6) is -0.533. The van der Waals surface area contributed by atoms with Crippen molar-refractivity contribution in [2.45, 2.75) is 9.79 Å². The van der Waals surface area contributed by atoms with Crippen molar-refractivity contribution < 1.29 is 14.8 Å². The minimum absolute atomic E-state index is 0.00820. The Morgan fingerprint density at radius 1 is 1.08 bits per heavy atom. The zero-order valence-corrected chi connectivity index (χ0v) is 14.0. The van der Waals surface area contributed by atoms with Gasteiger partial charge < -0.3 is 10.4 Å². The standard InChI is InChI=1S/C18H14N2O4S/c1-19-18(22)13-10-16(11-6-2-3-7-12(11)17(13)21)25-15-9-5-4-8-14(15)20(23)24/h2-10,21H,1H3,(H,19,22). The molecule has 0 atom stereocenters. The van der Waals surface area contributed by atoms with Crippen molar-refractivity contribution in [2.24, 2.45) is 0 Å². The largest absolute Gasteiger partial charge is 0.506 e. The molecule has 7 heteroatoms. The van der Waals surface area contributed by atoms with E-state index in [2.05, 4.69) is 5.32 Å². The van der Waals surface area contributed by atoms with Gasteiger partial charge in [0.05, 0.1) is 15.4 Å². The van der Waals surface area contributed by atoms with Crippen molar-refractivity contribution in [3.8, 4) is 5.75 Å². The van der Waals surface area contributed by atoms with E-state index in [1.54, 1.807) is 42.5 Å². The Bertz CT molecular complexity index is 988. The second kappa shape index (κ2) is 6.82. The lowest BCUT2D eigenvalue weighted by molar-refractivity contribution is -0.387. The third-order valence-electron chi connectivity index (χ3n) is 3.73. The van der Waals surface area contributed by atoms with Crippen LogP contribution < -0.4 is 5.32 Å². The summed E-state index contributed by atoms with van der Waals surface area (Å²) < 4.78 is 0. The molecule has 0 aliphatic rings. The van der Waals surface area contributed by atoms with E-state index in [1.807, 2.05) is 6.07 Å². The van der Waals surface area contributed by atoms with Crippen LogP contribution in [-0.2, 0) is 0 Å². The molecular formula is C18H14N2O4S. The first-order chi connectivity index (χ1) is 12.0. The molecule has 0 radical (unpaired) electrons. The fourth-order valence-electron chi connectivity index (χ4n) is 2.53. The van der Waals surface area contributed by atoms with Crippen LogP contribution in [0.4, 0.5) is 5.69 Å². The molecule has 0 aromatic heterocycles. The maximum atomic E-state index is 12.1. The van der Waals surface area contributed by atoms with Gasteiger partial charge in [0.2, 0.25) is 0 Å². The second-order valence-corrected chi connectivity index (χ2v) is 6.31. The molecule has 2 N–H and O–H groups in total. The Kier molecular flexibility index (Phi) is 4.58. The summed E-state index contributed by atoms with van der Waals surface area (Å²) in [5.41, 5.74) is 0.119. The molecule has 6 nitrogen and oxygen atoms in total. The smallest absolute Gasteiger partial charge is 0.283 e. The van der Waals surface area contributed by atoms with Crippen molar-refractivity contribution in [2.75, 3.05) is 7.05 Å². The normalized spacial score (nSPS) is 10.6. The Morgan fingerprint density at radius 2 is 1.72 bits per heavy atom. The lowest BCUT2D eigenvalue weighted by atomic mass is 10.0. The fourth-order valence-corrected chi connectivity index (χ4v) is 3.63. The van der Waals surface area contributed by atoms with Gasteiger partial charge in [-0.05, 0) is 17.5 Å². The molecule has 0 bridgehead atoms. The van der Waals surface area contributed by atoms with E-state index in [0.717, 1.165) is 5.39 Å². The van der Waals surface area contributed by atoms with Crippen LogP contribution in [0.1, 0.15) is 10.4 Å². The molecule has 0 saturated carbocycles. The number of carbonyl (C=O) groups excluding carboxylic acids is 1. The Hall–Kier alpha value is -3.06. The first-order valence-electron chi connectivity index (χ1n) is 7.41. The molecule has 3 aromatic carbocycles. The minimum atomic E-state index is -0.440. The maximum Gasteiger partial charge on any atom is 0.283 e. The van der Waals surface area contributed by atoms with Crippen molar-refractivity contribution >= 4 is 34.1 Å². The molecule has 126 valence electrons. The van der Waals surface area contributed by atoms with Crippen LogP contribution in [0.15, 0.2) is 64.4 Å². The zero-order chi connectivity index (χ0) is 18.0. The number of carbonyl (C=O) groups is 1. The molecule has 0 heterocycles. The van der Waals surface area contributed by atoms with E-state index in [9.17, 15) is 20.0 Å². The van der Waals surface area contributed by atoms with Gasteiger partial charge in [-0.25, -0.2) is 0 Å². The van der Waals surface area contributed by atoms with Gasteiger partial charge in [0, 0.05) is 23.4 Å². The van der Waals surface area contributed by atoms with E-state index in [1.165, 1.54) is 24.9 Å². The van der Waals surface area contributed by atoms with Crippen LogP contribution in [-0.4, -0.2) is 23.0 Å². The number of para-hydroxylation sites is 1. The zero-order valence-electron chi connectivity index (χ0n) is 13.2. The van der Waals surface area contributed by atoms with E-state index >= 15 is 0 Å². The van der Waals surface area contributed by atoms with E-state index < -0.39 is 10.8 Å². The van der Waals surface area contributed by atoms with Crippen LogP contribution in [0, 0.1) is 10.1 Å². The lowest BCUT2D eigenvalue weighted by Crippen LogP contribution is -2.18. The van der Waals surface area contributed by atoms with Gasteiger partial charge in [0.15, 0.2) is 0 Å². The topological polar surface area (TPSA) is 92.5 Å². The molecule has 0 spiro atoms. The summed E-state index contributed by atoms with van der Waals surface area (Å²) in [4.78, 5) is 24.0. The van der Waals surface area contributed by atoms with E-state index in [-0.39, 0.29) is 17.0 Å². The molecule has 0 aliphatic heterocycles. The number of nitro groups is 1. The van der Waals surface area contributed by atoms with Crippen LogP contribution in [0.3, 0.4) is 0 Å². The van der Waals surface area contributed by atoms with Gasteiger partial charge in [-0.1, -0.05) is 48.2 Å². The number of nitrogens with zero attached hydrogens (tertiary/aromatic N) is 1. The molecule has 3 aromatic rings. The number of hydrogen-bond acceptors (Lipinski definition) is 5. The van der Waals surface area contributed by atoms with Gasteiger partial charge in [-0.2, -0.15) is 0 Å². The average Bonchev–Trinajstić information content (AvgIpc) is 2.63. The number of amides is 1. The van der Waals surface area contributed by atoms with E-state index in [4.69, 9.17) is 0 Å². The average molecular weight is 354 g/mol. The highest BCUT2D eigenvalue weighted by Gasteiger charge is 2.19. The van der Waals surface area contributed by atoms with Crippen LogP contribution >= 0.6 is 11.8 Å². The summed E-state index contributed by atoms with van der Waals surface area (Å²) >= 11 is 1.19. The number of nitro benzene ring substituents is 1. The van der Waals surface area contributed by atoms with Crippen LogP contribution in [0.5, 0.6) is 5.75 Å². The highest BCUT2D eigenvalue weighted by Crippen LogP contribution is 2.41. The van der Waals surface area contributed by atoms with Crippen molar-refractivity contribution in [1.82, 2.24) is 5.32 Å². The number of phenolic OH excluding ortho intramolecular Hbond substituents is 1. The van der Waals surface area contributed by atoms with Crippen LogP contribution in [0.2, 0.25) is 0 Å². The summed E-state index contributed by atoms with van der Waals surface area (Å²) in [7, 11) is 1.48. The van der Waals surface area contributed by atoms with E-state index in [0.29, 0.717) is 15.2 Å². The van der Waals surface area contributed by atoms with Gasteiger partial charge in [-0.3, -0.25) is 14.9 Å². The first-order valence-corrected chi connectivity index (χ1v) is 8.22. The quantitative estimate of drug-likeness (QED) is 0.546. The Balaban J connectivity index is 2.21. The summed E-state index contributed by atoms with van der Waals surface area (Å²) in [6.45, 7) is 0. The summed E-state index contributed by atoms with van der Waals surface area (Å²) in [6, 6.07) is 15.1. The predicted molar refractivity (Wildman–Crippen MR) is 96.2 cm³/mol.